The number of nitrogens with one attached hydrogen (secondary N) is 1. The Labute approximate surface area is 689 Å². The molecule has 0 aliphatic carbocycles. The molecule has 0 saturated carbocycles. The Balaban J connectivity index is 0.000000130. The van der Waals surface area contributed by atoms with E-state index in [2.05, 4.69) is 80.9 Å². The van der Waals surface area contributed by atoms with E-state index in [0.29, 0.717) is 42.8 Å². The average molecular weight is 1770 g/mol. The first-order valence-electron chi connectivity index (χ1n) is 35.4. The molecule has 33 heteroatoms. The number of thiophene rings is 3. The predicted molar refractivity (Wildman–Crippen MR) is 446 cm³/mol. The molecular weight excluding hydrogens is 1700 g/mol. The van der Waals surface area contributed by atoms with Crippen LogP contribution >= 0.6 is 96.3 Å². The third-order valence-electron chi connectivity index (χ3n) is 19.0. The lowest BCUT2D eigenvalue weighted by Gasteiger charge is -2.25. The molecule has 18 nitrogen and oxygen atoms in total. The van der Waals surface area contributed by atoms with Gasteiger partial charge in [-0.05, 0) is 115 Å². The summed E-state index contributed by atoms with van der Waals surface area (Å²) >= 11 is 32.9. The fraction of sp³-hybridized carbons (Fsp3) is 0.212. The molecule has 12 heterocycles. The lowest BCUT2D eigenvalue weighted by atomic mass is 9.90. The molecule has 584 valence electrons. The Morgan fingerprint density at radius 2 is 0.903 bits per heavy atom. The highest BCUT2D eigenvalue weighted by Gasteiger charge is 2.30. The van der Waals surface area contributed by atoms with Gasteiger partial charge in [-0.2, -0.15) is 0 Å². The lowest BCUT2D eigenvalue weighted by Crippen LogP contribution is -2.35. The highest BCUT2D eigenvalue weighted by Crippen LogP contribution is 2.45. The number of hydrogen-bond donors (Lipinski definition) is 3. The van der Waals surface area contributed by atoms with Crippen LogP contribution in [0.15, 0.2) is 197 Å². The predicted octanol–water partition coefficient (Wildman–Crippen LogP) is 18.0. The van der Waals surface area contributed by atoms with Crippen molar-refractivity contribution in [1.29, 1.82) is 0 Å². The topological polar surface area (TPSA) is 210 Å². The molecule has 0 radical (unpaired) electrons. The van der Waals surface area contributed by atoms with E-state index in [1.807, 2.05) is 44.4 Å². The number of fused-ring (bicyclic) bond motifs is 3. The van der Waals surface area contributed by atoms with Crippen LogP contribution in [0.1, 0.15) is 25.8 Å². The van der Waals surface area contributed by atoms with E-state index in [1.165, 1.54) is 73.7 Å². The van der Waals surface area contributed by atoms with E-state index in [4.69, 9.17) is 70.7 Å². The van der Waals surface area contributed by atoms with Gasteiger partial charge in [0.2, 0.25) is 0 Å². The quantitative estimate of drug-likeness (QED) is 0.0467. The summed E-state index contributed by atoms with van der Waals surface area (Å²) in [6.45, 7) is 16.7. The molecule has 3 fully saturated rings. The number of hydrogen-bond acceptors (Lipinski definition) is 18. The third-order valence-corrected chi connectivity index (χ3v) is 27.6. The number of H-pyrrole nitrogens is 1. The molecule has 113 heavy (non-hydrogen) atoms. The van der Waals surface area contributed by atoms with Gasteiger partial charge in [-0.15, -0.1) is 34.0 Å². The molecule has 3 aliphatic rings. The van der Waals surface area contributed by atoms with Crippen molar-refractivity contribution in [2.45, 2.75) is 43.3 Å². The van der Waals surface area contributed by atoms with Crippen LogP contribution in [0, 0.1) is 37.1 Å². The number of benzene rings is 5. The van der Waals surface area contributed by atoms with Crippen LogP contribution in [0.3, 0.4) is 0 Å². The van der Waals surface area contributed by atoms with Gasteiger partial charge in [-0.3, -0.25) is 14.7 Å². The standard InChI is InChI=1S/C29H25ClFN3O3S2.C22H19ClFN3OS.C20H11BrCl2F2N2O2S.C9H14BNO3S/c1-19-5-8-22(9-6-19)39(35,36)34-18-25(23-3-2-4-26(31)28(23)30)24-15-20(16-32-29(24)34)27-10-7-21(38-27)17-33-11-13-37-14-12-33;23-21-16(2-1-3-19(21)24)18-12-26-22-17(18)10-14(11-25-22)20-5-4-15(29-20)13-27-6-8-28-9-7-27;1-10-2-4-12(5-3-10)30(28,29)27-9-14(13-6-11(21)8-26-20(13)27)17-18(22)15(24)7-16(25)19(17)23;12-10(13)9-2-1-8(15-9)7-11-3-5-14-6-4-11/h2-10,15-16,18H,11-14,17H2,1H3;1-5,10-12H,6-9,13H2,(H,25,26);2-9H,1H3;1-2,12-13H,3-7H2. The summed E-state index contributed by atoms with van der Waals surface area (Å²) in [5.74, 6) is -3.03. The maximum Gasteiger partial charge on any atom is 0.499 e. The number of halogens is 9. The molecule has 0 amide bonds. The molecule has 0 spiro atoms. The second-order valence-electron chi connectivity index (χ2n) is 26.7. The van der Waals surface area contributed by atoms with Crippen molar-refractivity contribution in [2.75, 3.05) is 78.9 Å². The largest absolute Gasteiger partial charge is 0.499 e. The maximum atomic E-state index is 14.5. The Bertz CT molecular complexity index is 6010. The second-order valence-corrected chi connectivity index (χ2v) is 36.3. The van der Waals surface area contributed by atoms with Crippen LogP contribution in [0.2, 0.25) is 20.1 Å². The molecule has 9 aromatic heterocycles. The number of rotatable bonds is 16. The van der Waals surface area contributed by atoms with Gasteiger partial charge in [0, 0.05) is 196 Å². The minimum atomic E-state index is -4.06. The van der Waals surface area contributed by atoms with E-state index in [1.54, 1.807) is 95.6 Å². The summed E-state index contributed by atoms with van der Waals surface area (Å²) in [5.41, 5.74) is 7.18. The molecular formula is C80H69BBrCl4F4N9O9S5. The van der Waals surface area contributed by atoms with E-state index >= 15 is 0 Å². The van der Waals surface area contributed by atoms with Crippen molar-refractivity contribution < 1.29 is 58.7 Å². The number of aromatic amines is 1. The minimum absolute atomic E-state index is 0.0314. The van der Waals surface area contributed by atoms with Crippen LogP contribution in [-0.2, 0) is 53.9 Å². The lowest BCUT2D eigenvalue weighted by molar-refractivity contribution is 0.0346. The number of aromatic nitrogens is 6. The van der Waals surface area contributed by atoms with E-state index in [-0.39, 0.29) is 42.3 Å². The molecule has 0 unspecified atom stereocenters. The third kappa shape index (κ3) is 18.4. The Morgan fingerprint density at radius 1 is 0.478 bits per heavy atom. The van der Waals surface area contributed by atoms with E-state index in [0.717, 1.165) is 150 Å². The van der Waals surface area contributed by atoms with Crippen LogP contribution in [0.25, 0.3) is 87.4 Å². The van der Waals surface area contributed by atoms with Gasteiger partial charge in [-0.25, -0.2) is 57.3 Å². The molecule has 0 bridgehead atoms. The second kappa shape index (κ2) is 35.8. The zero-order valence-electron chi connectivity index (χ0n) is 60.3. The average Bonchev–Trinajstić information content (AvgIpc) is 1.60. The first-order valence-corrected chi connectivity index (χ1v) is 43.0. The van der Waals surface area contributed by atoms with Crippen molar-refractivity contribution in [3.63, 3.8) is 0 Å². The number of pyridine rings is 3. The van der Waals surface area contributed by atoms with Crippen molar-refractivity contribution >= 4 is 161 Å². The van der Waals surface area contributed by atoms with E-state index in [9.17, 15) is 34.4 Å². The number of aryl methyl sites for hydroxylation is 2. The summed E-state index contributed by atoms with van der Waals surface area (Å²) in [5, 5.41) is 19.0. The monoisotopic (exact) mass is 1770 g/mol. The Hall–Kier alpha value is -7.73. The van der Waals surface area contributed by atoms with Gasteiger partial charge in [0.1, 0.15) is 28.9 Å². The van der Waals surface area contributed by atoms with Gasteiger partial charge < -0.3 is 29.2 Å². The fourth-order valence-electron chi connectivity index (χ4n) is 13.1. The van der Waals surface area contributed by atoms with Crippen LogP contribution < -0.4 is 4.78 Å². The van der Waals surface area contributed by atoms with Gasteiger partial charge in [-0.1, -0.05) is 112 Å². The van der Waals surface area contributed by atoms with Crippen molar-refractivity contribution in [3.8, 4) is 54.3 Å². The maximum absolute atomic E-state index is 14.5. The molecule has 0 atom stereocenters. The smallest absolute Gasteiger partial charge is 0.423 e. The summed E-state index contributed by atoms with van der Waals surface area (Å²) in [6, 6.07) is 40.7. The van der Waals surface area contributed by atoms with Gasteiger partial charge in [0.15, 0.2) is 11.3 Å². The zero-order valence-corrected chi connectivity index (χ0v) is 69.0. The molecule has 3 N–H and O–H groups in total. The van der Waals surface area contributed by atoms with Crippen molar-refractivity contribution in [2.24, 2.45) is 0 Å². The molecule has 5 aromatic carbocycles. The first-order chi connectivity index (χ1) is 54.4. The number of morpholine rings is 3. The zero-order chi connectivity index (χ0) is 79.4. The van der Waals surface area contributed by atoms with Gasteiger partial charge in [0.05, 0.1) is 69.5 Å². The summed E-state index contributed by atoms with van der Waals surface area (Å²) in [7, 11) is -9.38. The van der Waals surface area contributed by atoms with Crippen molar-refractivity contribution in [1.82, 2.24) is 42.6 Å². The van der Waals surface area contributed by atoms with Crippen molar-refractivity contribution in [3.05, 3.63) is 256 Å². The number of ether oxygens (including phenoxy) is 3. The summed E-state index contributed by atoms with van der Waals surface area (Å²) in [4.78, 5) is 29.7. The molecule has 14 aromatic rings. The molecule has 3 aliphatic heterocycles. The molecule has 3 saturated heterocycles. The SMILES string of the molecule is Cc1ccc(S(=O)(=O)n2cc(-c3c(Cl)c(F)cc(F)c3Cl)c3cc(Br)cnc32)cc1.Cc1ccc(S(=O)(=O)n2cc(-c3cccc(F)c3Cl)c3cc(-c4ccc(CN5CCOCC5)s4)cnc32)cc1.Fc1cccc(-c2c[nH]c3ncc(-c4ccc(CN5CCOCC5)s4)cc23)c1Cl.OB(O)c1ccc(CN2CCOCC2)s1. The van der Waals surface area contributed by atoms with E-state index < -0.39 is 60.5 Å². The normalized spacial score (nSPS) is 14.6. The summed E-state index contributed by atoms with van der Waals surface area (Å²) in [6.07, 6.45) is 9.51. The molecule has 17 rings (SSSR count). The van der Waals surface area contributed by atoms with Crippen LogP contribution in [-0.4, -0.2) is 155 Å². The number of nitrogens with zero attached hydrogens (tertiary/aromatic N) is 8. The van der Waals surface area contributed by atoms with Gasteiger partial charge >= 0.3 is 7.12 Å². The first kappa shape index (κ1) is 81.8. The van der Waals surface area contributed by atoms with Crippen LogP contribution in [0.5, 0.6) is 0 Å². The minimum Gasteiger partial charge on any atom is -0.423 e. The fourth-order valence-corrected chi connectivity index (χ4v) is 20.1. The highest BCUT2D eigenvalue weighted by atomic mass is 79.9. The van der Waals surface area contributed by atoms with Crippen LogP contribution in [0.4, 0.5) is 17.6 Å². The highest BCUT2D eigenvalue weighted by molar-refractivity contribution is 9.10. The van der Waals surface area contributed by atoms with Gasteiger partial charge in [0.25, 0.3) is 20.0 Å². The Morgan fingerprint density at radius 3 is 1.38 bits per heavy atom. The Kier molecular flexibility index (Phi) is 25.9. The summed E-state index contributed by atoms with van der Waals surface area (Å²) < 4.78 is 130.